The lowest BCUT2D eigenvalue weighted by Crippen LogP contribution is -2.19. The highest BCUT2D eigenvalue weighted by Gasteiger charge is 2.25. The summed E-state index contributed by atoms with van der Waals surface area (Å²) in [6.07, 6.45) is -1.36. The Balaban J connectivity index is 3.90. The van der Waals surface area contributed by atoms with Gasteiger partial charge in [-0.15, -0.1) is 0 Å². The summed E-state index contributed by atoms with van der Waals surface area (Å²) in [5.74, 6) is -0.998. The fraction of sp³-hybridized carbons (Fsp3) is 0.857. The van der Waals surface area contributed by atoms with Gasteiger partial charge >= 0.3 is 7.60 Å². The van der Waals surface area contributed by atoms with Crippen LogP contribution in [0.25, 0.3) is 0 Å². The van der Waals surface area contributed by atoms with Gasteiger partial charge in [-0.3, -0.25) is 9.36 Å². The topological polar surface area (TPSA) is 74.6 Å². The Morgan fingerprint density at radius 2 is 2.08 bits per heavy atom. The van der Waals surface area contributed by atoms with E-state index in [-0.39, 0.29) is 6.42 Å². The first kappa shape index (κ1) is 12.8. The fourth-order valence-electron chi connectivity index (χ4n) is 0.846. The third-order valence-electron chi connectivity index (χ3n) is 1.52. The molecule has 0 aromatic carbocycles. The van der Waals surface area contributed by atoms with Crippen molar-refractivity contribution in [3.8, 4) is 0 Å². The van der Waals surface area contributed by atoms with Gasteiger partial charge in [-0.1, -0.05) is 19.8 Å². The number of Topliss-reactive ketones (excluding diaryl/α,β-unsaturated/α-hetero) is 1. The molecule has 2 N–H and O–H groups in total. The van der Waals surface area contributed by atoms with Crippen molar-refractivity contribution in [2.45, 2.75) is 32.4 Å². The van der Waals surface area contributed by atoms with Crippen LogP contribution in [0.2, 0.25) is 0 Å². The maximum Gasteiger partial charge on any atom is 0.333 e. The Hall–Kier alpha value is -0.250. The second kappa shape index (κ2) is 5.47. The number of alkyl halides is 1. The number of unbranched alkanes of at least 4 members (excludes halogenated alkanes) is 1. The summed E-state index contributed by atoms with van der Waals surface area (Å²) in [4.78, 5) is 27.6. The van der Waals surface area contributed by atoms with Crippen molar-refractivity contribution in [3.05, 3.63) is 0 Å². The van der Waals surface area contributed by atoms with Crippen LogP contribution in [0, 0.1) is 0 Å². The molecule has 1 unspecified atom stereocenters. The number of ketones is 1. The summed E-state index contributed by atoms with van der Waals surface area (Å²) in [6, 6.07) is 0. The second-order valence-electron chi connectivity index (χ2n) is 2.90. The molecule has 0 aliphatic heterocycles. The Morgan fingerprint density at radius 1 is 1.54 bits per heavy atom. The van der Waals surface area contributed by atoms with E-state index in [0.29, 0.717) is 6.42 Å². The van der Waals surface area contributed by atoms with E-state index < -0.39 is 25.7 Å². The Bertz CT molecular complexity index is 213. The zero-order valence-corrected chi connectivity index (χ0v) is 8.34. The molecule has 0 rings (SSSR count). The van der Waals surface area contributed by atoms with Gasteiger partial charge in [-0.25, -0.2) is 4.39 Å². The van der Waals surface area contributed by atoms with Crippen molar-refractivity contribution in [1.29, 1.82) is 0 Å². The average molecular weight is 212 g/mol. The van der Waals surface area contributed by atoms with Gasteiger partial charge in [-0.05, 0) is 6.42 Å². The van der Waals surface area contributed by atoms with E-state index >= 15 is 0 Å². The van der Waals surface area contributed by atoms with E-state index in [2.05, 4.69) is 0 Å². The van der Waals surface area contributed by atoms with E-state index in [1.807, 2.05) is 6.92 Å². The molecule has 0 spiro atoms. The third-order valence-corrected chi connectivity index (χ3v) is 2.25. The Labute approximate surface area is 76.3 Å². The molecule has 1 atom stereocenters. The minimum absolute atomic E-state index is 0.0509. The lowest BCUT2D eigenvalue weighted by molar-refractivity contribution is -0.121. The predicted octanol–water partition coefficient (Wildman–Crippen LogP) is 1.26. The highest BCUT2D eigenvalue weighted by molar-refractivity contribution is 7.52. The molecular weight excluding hydrogens is 198 g/mol. The van der Waals surface area contributed by atoms with Crippen molar-refractivity contribution >= 4 is 13.4 Å². The van der Waals surface area contributed by atoms with Crippen LogP contribution in [-0.4, -0.2) is 27.9 Å². The van der Waals surface area contributed by atoms with Gasteiger partial charge in [0.15, 0.2) is 12.0 Å². The van der Waals surface area contributed by atoms with Crippen molar-refractivity contribution < 1.29 is 23.5 Å². The molecular formula is C7H14FO4P. The molecule has 0 fully saturated rings. The lowest BCUT2D eigenvalue weighted by atomic mass is 10.1. The molecule has 0 aromatic rings. The van der Waals surface area contributed by atoms with Crippen LogP contribution in [-0.2, 0) is 9.36 Å². The zero-order chi connectivity index (χ0) is 10.5. The largest absolute Gasteiger partial charge is 0.333 e. The number of halogens is 1. The second-order valence-corrected chi connectivity index (χ2v) is 4.54. The number of carbonyl (C=O) groups is 1. The molecule has 0 saturated carbocycles. The summed E-state index contributed by atoms with van der Waals surface area (Å²) < 4.78 is 23.1. The van der Waals surface area contributed by atoms with Gasteiger partial charge in [0.1, 0.15) is 6.16 Å². The van der Waals surface area contributed by atoms with Crippen LogP contribution in [0.15, 0.2) is 0 Å². The molecule has 0 heterocycles. The Morgan fingerprint density at radius 3 is 2.46 bits per heavy atom. The van der Waals surface area contributed by atoms with Crippen LogP contribution >= 0.6 is 7.60 Å². The van der Waals surface area contributed by atoms with Crippen molar-refractivity contribution in [2.24, 2.45) is 0 Å². The minimum atomic E-state index is -4.40. The number of rotatable bonds is 6. The molecule has 0 bridgehead atoms. The zero-order valence-electron chi connectivity index (χ0n) is 7.44. The maximum absolute atomic E-state index is 12.8. The van der Waals surface area contributed by atoms with Crippen LogP contribution in [0.5, 0.6) is 0 Å². The molecule has 0 saturated heterocycles. The van der Waals surface area contributed by atoms with Crippen LogP contribution in [0.4, 0.5) is 4.39 Å². The predicted molar refractivity (Wildman–Crippen MR) is 46.3 cm³/mol. The highest BCUT2D eigenvalue weighted by Crippen LogP contribution is 2.34. The van der Waals surface area contributed by atoms with E-state index in [1.54, 1.807) is 0 Å². The molecule has 0 aliphatic rings. The monoisotopic (exact) mass is 212 g/mol. The molecule has 78 valence electrons. The van der Waals surface area contributed by atoms with Gasteiger partial charge in [-0.2, -0.15) is 0 Å². The molecule has 0 aliphatic carbocycles. The standard InChI is InChI=1S/C7H14FO4P/c1-2-3-4-6(8)7(9)5-13(10,11)12/h6H,2-5H2,1H3,(H2,10,11,12). The smallest absolute Gasteiger partial charge is 0.324 e. The van der Waals surface area contributed by atoms with Crippen LogP contribution < -0.4 is 0 Å². The molecule has 13 heavy (non-hydrogen) atoms. The third kappa shape index (κ3) is 6.87. The molecule has 0 radical (unpaired) electrons. The maximum atomic E-state index is 12.8. The highest BCUT2D eigenvalue weighted by atomic mass is 31.2. The van der Waals surface area contributed by atoms with Gasteiger partial charge in [0.05, 0.1) is 0 Å². The van der Waals surface area contributed by atoms with E-state index in [0.717, 1.165) is 6.42 Å². The van der Waals surface area contributed by atoms with Crippen molar-refractivity contribution in [2.75, 3.05) is 6.16 Å². The van der Waals surface area contributed by atoms with Crippen molar-refractivity contribution in [3.63, 3.8) is 0 Å². The summed E-state index contributed by atoms with van der Waals surface area (Å²) >= 11 is 0. The van der Waals surface area contributed by atoms with Gasteiger partial charge in [0, 0.05) is 0 Å². The van der Waals surface area contributed by atoms with E-state index in [9.17, 15) is 13.8 Å². The first-order chi connectivity index (χ1) is 5.87. The lowest BCUT2D eigenvalue weighted by Gasteiger charge is -2.06. The number of carbonyl (C=O) groups excluding carboxylic acids is 1. The number of hydrogen-bond acceptors (Lipinski definition) is 2. The summed E-state index contributed by atoms with van der Waals surface area (Å²) in [5.41, 5.74) is 0. The number of hydrogen-bond donors (Lipinski definition) is 2. The van der Waals surface area contributed by atoms with Crippen molar-refractivity contribution in [1.82, 2.24) is 0 Å². The van der Waals surface area contributed by atoms with E-state index in [1.165, 1.54) is 0 Å². The summed E-state index contributed by atoms with van der Waals surface area (Å²) in [5, 5.41) is 0. The van der Waals surface area contributed by atoms with Crippen LogP contribution in [0.3, 0.4) is 0 Å². The molecule has 0 amide bonds. The van der Waals surface area contributed by atoms with Gasteiger partial charge in [0.25, 0.3) is 0 Å². The molecule has 4 nitrogen and oxygen atoms in total. The quantitative estimate of drug-likeness (QED) is 0.650. The molecule has 6 heteroatoms. The Kier molecular flexibility index (Phi) is 5.37. The first-order valence-corrected chi connectivity index (χ1v) is 5.88. The minimum Gasteiger partial charge on any atom is -0.324 e. The summed E-state index contributed by atoms with van der Waals surface area (Å²) in [7, 11) is -4.40. The average Bonchev–Trinajstić information content (AvgIpc) is 1.96. The van der Waals surface area contributed by atoms with Gasteiger partial charge < -0.3 is 9.79 Å². The normalized spacial score (nSPS) is 14.2. The summed E-state index contributed by atoms with van der Waals surface area (Å²) in [6.45, 7) is 1.85. The SMILES string of the molecule is CCCCC(F)C(=O)CP(=O)(O)O. The molecule has 0 aromatic heterocycles. The fourth-order valence-corrected chi connectivity index (χ4v) is 1.45. The first-order valence-electron chi connectivity index (χ1n) is 4.08. The van der Waals surface area contributed by atoms with Gasteiger partial charge in [0.2, 0.25) is 0 Å². The van der Waals surface area contributed by atoms with Crippen LogP contribution in [0.1, 0.15) is 26.2 Å². The van der Waals surface area contributed by atoms with E-state index in [4.69, 9.17) is 9.79 Å².